The predicted octanol–water partition coefficient (Wildman–Crippen LogP) is 4.44. The van der Waals surface area contributed by atoms with Crippen LogP contribution in [0, 0.1) is 6.92 Å². The van der Waals surface area contributed by atoms with E-state index in [0.717, 1.165) is 29.1 Å². The minimum Gasteiger partial charge on any atom is -0.329 e. The molecule has 0 aliphatic carbocycles. The summed E-state index contributed by atoms with van der Waals surface area (Å²) < 4.78 is 41.4. The van der Waals surface area contributed by atoms with Crippen molar-refractivity contribution >= 4 is 11.6 Å². The molecule has 1 aliphatic heterocycles. The monoisotopic (exact) mass is 434 g/mol. The van der Waals surface area contributed by atoms with Crippen LogP contribution in [0.15, 0.2) is 18.2 Å². The summed E-state index contributed by atoms with van der Waals surface area (Å²) in [6.45, 7) is 8.06. The molecule has 1 atom stereocenters. The number of carbonyl (C=O) groups is 1. The topological polar surface area (TPSA) is 79.2 Å². The molecule has 4 rings (SSSR count). The molecule has 1 amide bonds. The van der Waals surface area contributed by atoms with Gasteiger partial charge in [0.05, 0.1) is 11.7 Å². The van der Waals surface area contributed by atoms with Crippen molar-refractivity contribution in [1.82, 2.24) is 29.7 Å². The Morgan fingerprint density at radius 1 is 1.16 bits per heavy atom. The summed E-state index contributed by atoms with van der Waals surface area (Å²) in [6.07, 6.45) is -2.27. The lowest BCUT2D eigenvalue weighted by atomic mass is 9.92. The summed E-state index contributed by atoms with van der Waals surface area (Å²) in [5.74, 6) is -0.256. The Morgan fingerprint density at radius 2 is 1.90 bits per heavy atom. The van der Waals surface area contributed by atoms with Crippen LogP contribution in [0.3, 0.4) is 0 Å². The normalized spacial score (nSPS) is 18.0. The van der Waals surface area contributed by atoms with Crippen LogP contribution in [0.4, 0.5) is 13.2 Å². The van der Waals surface area contributed by atoms with Gasteiger partial charge in [-0.3, -0.25) is 9.89 Å². The molecule has 31 heavy (non-hydrogen) atoms. The average molecular weight is 434 g/mol. The number of aromatic amines is 1. The number of hydrogen-bond donors (Lipinski definition) is 1. The summed E-state index contributed by atoms with van der Waals surface area (Å²) >= 11 is 0. The molecular formula is C21H25F3N6O. The van der Waals surface area contributed by atoms with Crippen molar-refractivity contribution in [3.63, 3.8) is 0 Å². The molecule has 7 nitrogen and oxygen atoms in total. The van der Waals surface area contributed by atoms with Crippen molar-refractivity contribution in [3.05, 3.63) is 46.7 Å². The first kappa shape index (κ1) is 21.3. The molecule has 1 saturated heterocycles. The maximum Gasteiger partial charge on any atom is 0.433 e. The van der Waals surface area contributed by atoms with Gasteiger partial charge in [0.2, 0.25) is 0 Å². The zero-order valence-corrected chi connectivity index (χ0v) is 17.9. The number of hydrogen-bond acceptors (Lipinski definition) is 4. The Bertz CT molecular complexity index is 1120. The number of aryl methyl sites for hydroxylation is 1. The second-order valence-corrected chi connectivity index (χ2v) is 9.05. The number of fused-ring (bicyclic) bond motifs is 1. The fraction of sp³-hybridized carbons (Fsp3) is 0.524. The second-order valence-electron chi connectivity index (χ2n) is 9.05. The number of nitrogens with one attached hydrogen (secondary N) is 1. The molecule has 0 saturated carbocycles. The van der Waals surface area contributed by atoms with Crippen LogP contribution in [-0.4, -0.2) is 42.1 Å². The predicted molar refractivity (Wildman–Crippen MR) is 108 cm³/mol. The van der Waals surface area contributed by atoms with E-state index in [1.54, 1.807) is 17.0 Å². The maximum atomic E-state index is 13.5. The highest BCUT2D eigenvalue weighted by atomic mass is 19.4. The van der Waals surface area contributed by atoms with Crippen LogP contribution >= 0.6 is 0 Å². The molecule has 0 bridgehead atoms. The third kappa shape index (κ3) is 4.03. The Labute approximate surface area is 177 Å². The van der Waals surface area contributed by atoms with Gasteiger partial charge in [-0.05, 0) is 38.3 Å². The number of H-pyrrole nitrogens is 1. The first-order valence-electron chi connectivity index (χ1n) is 10.3. The van der Waals surface area contributed by atoms with E-state index in [1.807, 2.05) is 20.8 Å². The van der Waals surface area contributed by atoms with Gasteiger partial charge in [0.1, 0.15) is 11.4 Å². The largest absolute Gasteiger partial charge is 0.433 e. The number of rotatable bonds is 2. The summed E-state index contributed by atoms with van der Waals surface area (Å²) in [5.41, 5.74) is 0.855. The van der Waals surface area contributed by atoms with E-state index in [4.69, 9.17) is 0 Å². The van der Waals surface area contributed by atoms with Gasteiger partial charge in [-0.15, -0.1) is 0 Å². The number of alkyl halides is 3. The van der Waals surface area contributed by atoms with Gasteiger partial charge in [-0.2, -0.15) is 23.4 Å². The molecule has 0 radical (unpaired) electrons. The lowest BCUT2D eigenvalue weighted by Gasteiger charge is -2.34. The maximum absolute atomic E-state index is 13.5. The molecule has 1 fully saturated rings. The number of amides is 1. The Morgan fingerprint density at radius 3 is 2.55 bits per heavy atom. The molecule has 3 aromatic heterocycles. The van der Waals surface area contributed by atoms with E-state index in [1.165, 1.54) is 6.92 Å². The molecule has 0 aromatic carbocycles. The van der Waals surface area contributed by atoms with E-state index < -0.39 is 17.9 Å². The molecule has 10 heteroatoms. The highest BCUT2D eigenvalue weighted by Gasteiger charge is 2.37. The van der Waals surface area contributed by atoms with Gasteiger partial charge in [0, 0.05) is 29.4 Å². The van der Waals surface area contributed by atoms with Gasteiger partial charge in [0.25, 0.3) is 5.91 Å². The van der Waals surface area contributed by atoms with Gasteiger partial charge in [-0.25, -0.2) is 9.50 Å². The zero-order chi connectivity index (χ0) is 22.6. The highest BCUT2D eigenvalue weighted by molar-refractivity contribution is 5.92. The molecule has 1 aliphatic rings. The molecule has 1 N–H and O–H groups in total. The van der Waals surface area contributed by atoms with Gasteiger partial charge >= 0.3 is 6.18 Å². The van der Waals surface area contributed by atoms with E-state index in [-0.39, 0.29) is 22.7 Å². The molecule has 3 aromatic rings. The van der Waals surface area contributed by atoms with Crippen LogP contribution in [0.25, 0.3) is 5.65 Å². The van der Waals surface area contributed by atoms with E-state index in [0.29, 0.717) is 24.4 Å². The van der Waals surface area contributed by atoms with Crippen molar-refractivity contribution in [1.29, 1.82) is 0 Å². The lowest BCUT2D eigenvalue weighted by molar-refractivity contribution is -0.142. The van der Waals surface area contributed by atoms with Crippen molar-refractivity contribution in [3.8, 4) is 0 Å². The molecule has 0 unspecified atom stereocenters. The van der Waals surface area contributed by atoms with Crippen LogP contribution in [0.5, 0.6) is 0 Å². The SMILES string of the molecule is Cc1cc(C(F)(F)F)n2nc([C@H]3CCCCN3C(=O)c3cc(C(C)(C)C)[nH]n3)cc2n1. The fourth-order valence-corrected chi connectivity index (χ4v) is 3.93. The number of nitrogens with zero attached hydrogens (tertiary/aromatic N) is 5. The van der Waals surface area contributed by atoms with Crippen molar-refractivity contribution < 1.29 is 18.0 Å². The second kappa shape index (κ2) is 7.35. The van der Waals surface area contributed by atoms with E-state index in [2.05, 4.69) is 20.3 Å². The van der Waals surface area contributed by atoms with Gasteiger partial charge in [0.15, 0.2) is 5.65 Å². The van der Waals surface area contributed by atoms with E-state index >= 15 is 0 Å². The highest BCUT2D eigenvalue weighted by Crippen LogP contribution is 2.34. The Hall–Kier alpha value is -2.91. The Kier molecular flexibility index (Phi) is 5.06. The number of halogens is 3. The molecule has 4 heterocycles. The molecular weight excluding hydrogens is 409 g/mol. The number of likely N-dealkylation sites (tertiary alicyclic amines) is 1. The summed E-state index contributed by atoms with van der Waals surface area (Å²) in [5, 5.41) is 11.3. The Balaban J connectivity index is 1.71. The number of aromatic nitrogens is 5. The zero-order valence-electron chi connectivity index (χ0n) is 17.9. The third-order valence-corrected chi connectivity index (χ3v) is 5.57. The van der Waals surface area contributed by atoms with Gasteiger partial charge in [-0.1, -0.05) is 20.8 Å². The number of piperidine rings is 1. The van der Waals surface area contributed by atoms with Gasteiger partial charge < -0.3 is 4.90 Å². The number of carbonyl (C=O) groups excluding carboxylic acids is 1. The lowest BCUT2D eigenvalue weighted by Crippen LogP contribution is -2.39. The first-order valence-corrected chi connectivity index (χ1v) is 10.3. The first-order chi connectivity index (χ1) is 14.4. The smallest absolute Gasteiger partial charge is 0.329 e. The van der Waals surface area contributed by atoms with Crippen molar-refractivity contribution in [2.75, 3.05) is 6.54 Å². The third-order valence-electron chi connectivity index (χ3n) is 5.57. The summed E-state index contributed by atoms with van der Waals surface area (Å²) in [6, 6.07) is 3.83. The minimum absolute atomic E-state index is 0.120. The fourth-order valence-electron chi connectivity index (χ4n) is 3.93. The van der Waals surface area contributed by atoms with E-state index in [9.17, 15) is 18.0 Å². The van der Waals surface area contributed by atoms with Crippen molar-refractivity contribution in [2.45, 2.75) is 64.6 Å². The van der Waals surface area contributed by atoms with Crippen LogP contribution in [0.2, 0.25) is 0 Å². The summed E-state index contributed by atoms with van der Waals surface area (Å²) in [7, 11) is 0. The average Bonchev–Trinajstić information content (AvgIpc) is 3.33. The minimum atomic E-state index is -4.56. The van der Waals surface area contributed by atoms with Crippen LogP contribution in [0.1, 0.15) is 79.3 Å². The van der Waals surface area contributed by atoms with Crippen LogP contribution in [-0.2, 0) is 11.6 Å². The quantitative estimate of drug-likeness (QED) is 0.647. The summed E-state index contributed by atoms with van der Waals surface area (Å²) in [4.78, 5) is 19.1. The molecule has 0 spiro atoms. The molecule has 166 valence electrons. The van der Waals surface area contributed by atoms with Crippen molar-refractivity contribution in [2.24, 2.45) is 0 Å². The van der Waals surface area contributed by atoms with Crippen LogP contribution < -0.4 is 0 Å². The standard InChI is InChI=1S/C21H25F3N6O/c1-12-9-17(21(22,23)24)30-18(25-12)11-13(28-30)15-7-5-6-8-29(15)19(31)14-10-16(27-26-14)20(2,3)4/h9-11,15H,5-8H2,1-4H3,(H,26,27)/t15-/m1/s1.